The van der Waals surface area contributed by atoms with Crippen LogP contribution in [0.4, 0.5) is 0 Å². The standard InChI is InChI=1S/C19H25NO4/c21-18(13-23-15-5-2-1-3-6-15)20-11-17(24-12-14-8-9-14)19-16(20)7-4-10-22-19/h1-3,5-6,14,16-17,19H,4,7-13H2/t16-,17-,19+/m1/s1. The Labute approximate surface area is 142 Å². The number of nitrogens with zero attached hydrogens (tertiary/aromatic N) is 1. The Balaban J connectivity index is 1.36. The highest BCUT2D eigenvalue weighted by molar-refractivity contribution is 5.78. The highest BCUT2D eigenvalue weighted by Gasteiger charge is 2.47. The Kier molecular flexibility index (Phi) is 4.72. The molecule has 1 aromatic rings. The first-order chi connectivity index (χ1) is 11.8. The highest BCUT2D eigenvalue weighted by Crippen LogP contribution is 2.34. The Bertz CT molecular complexity index is 560. The third-order valence-corrected chi connectivity index (χ3v) is 5.15. The lowest BCUT2D eigenvalue weighted by Gasteiger charge is -2.32. The fourth-order valence-corrected chi connectivity index (χ4v) is 3.63. The molecular weight excluding hydrogens is 306 g/mol. The molecule has 3 atom stereocenters. The van der Waals surface area contributed by atoms with Gasteiger partial charge >= 0.3 is 0 Å². The van der Waals surface area contributed by atoms with Crippen LogP contribution in [0.15, 0.2) is 30.3 Å². The quantitative estimate of drug-likeness (QED) is 0.802. The second kappa shape index (κ2) is 7.11. The SMILES string of the molecule is O=C(COc1ccccc1)N1C[C@@H](OCC2CC2)[C@H]2OCCC[C@H]21. The van der Waals surface area contributed by atoms with Crippen LogP contribution in [0.25, 0.3) is 0 Å². The van der Waals surface area contributed by atoms with Crippen molar-refractivity contribution in [2.45, 2.75) is 43.9 Å². The van der Waals surface area contributed by atoms with Crippen molar-refractivity contribution in [3.8, 4) is 5.75 Å². The van der Waals surface area contributed by atoms with E-state index in [2.05, 4.69) is 0 Å². The van der Waals surface area contributed by atoms with Crippen LogP contribution < -0.4 is 4.74 Å². The Morgan fingerprint density at radius 1 is 1.21 bits per heavy atom. The molecular formula is C19H25NO4. The van der Waals surface area contributed by atoms with E-state index in [1.165, 1.54) is 12.8 Å². The second-order valence-corrected chi connectivity index (χ2v) is 7.01. The van der Waals surface area contributed by atoms with E-state index in [1.54, 1.807) is 0 Å². The summed E-state index contributed by atoms with van der Waals surface area (Å²) in [6.45, 7) is 2.27. The number of ether oxygens (including phenoxy) is 3. The van der Waals surface area contributed by atoms with E-state index in [-0.39, 0.29) is 30.8 Å². The first-order valence-corrected chi connectivity index (χ1v) is 9.02. The number of rotatable bonds is 6. The maximum atomic E-state index is 12.7. The first kappa shape index (κ1) is 15.9. The summed E-state index contributed by atoms with van der Waals surface area (Å²) in [5.74, 6) is 1.47. The zero-order valence-electron chi connectivity index (χ0n) is 13.9. The van der Waals surface area contributed by atoms with Gasteiger partial charge in [0.2, 0.25) is 0 Å². The largest absolute Gasteiger partial charge is 0.484 e. The molecule has 2 saturated heterocycles. The Morgan fingerprint density at radius 2 is 2.04 bits per heavy atom. The summed E-state index contributed by atoms with van der Waals surface area (Å²) in [5, 5.41) is 0. The number of hydrogen-bond acceptors (Lipinski definition) is 4. The van der Waals surface area contributed by atoms with Gasteiger partial charge in [0, 0.05) is 13.2 Å². The van der Waals surface area contributed by atoms with E-state index >= 15 is 0 Å². The summed E-state index contributed by atoms with van der Waals surface area (Å²) in [4.78, 5) is 14.6. The molecule has 0 radical (unpaired) electrons. The summed E-state index contributed by atoms with van der Waals surface area (Å²) in [6, 6.07) is 9.61. The highest BCUT2D eigenvalue weighted by atomic mass is 16.5. The van der Waals surface area contributed by atoms with Crippen molar-refractivity contribution in [1.82, 2.24) is 4.90 Å². The molecule has 2 heterocycles. The minimum atomic E-state index is 0.0107. The average molecular weight is 331 g/mol. The molecule has 0 spiro atoms. The molecule has 0 unspecified atom stereocenters. The lowest BCUT2D eigenvalue weighted by molar-refractivity contribution is -0.136. The van der Waals surface area contributed by atoms with E-state index in [0.29, 0.717) is 6.54 Å². The Morgan fingerprint density at radius 3 is 2.83 bits per heavy atom. The van der Waals surface area contributed by atoms with Crippen LogP contribution in [0.1, 0.15) is 25.7 Å². The molecule has 3 fully saturated rings. The molecule has 0 aromatic heterocycles. The number of likely N-dealkylation sites (tertiary alicyclic amines) is 1. The number of carbonyl (C=O) groups excluding carboxylic acids is 1. The topological polar surface area (TPSA) is 48.0 Å². The molecule has 1 aliphatic carbocycles. The molecule has 5 heteroatoms. The van der Waals surface area contributed by atoms with Crippen LogP contribution >= 0.6 is 0 Å². The average Bonchev–Trinajstić information content (AvgIpc) is 3.39. The van der Waals surface area contributed by atoms with Crippen LogP contribution in [0.5, 0.6) is 5.75 Å². The molecule has 3 aliphatic rings. The lowest BCUT2D eigenvalue weighted by atomic mass is 10.0. The number of amides is 1. The van der Waals surface area contributed by atoms with Crippen LogP contribution in [0, 0.1) is 5.92 Å². The number of benzene rings is 1. The summed E-state index contributed by atoms with van der Waals surface area (Å²) in [7, 11) is 0. The van der Waals surface area contributed by atoms with Gasteiger partial charge in [-0.05, 0) is 43.7 Å². The minimum absolute atomic E-state index is 0.0107. The molecule has 2 aliphatic heterocycles. The smallest absolute Gasteiger partial charge is 0.260 e. The first-order valence-electron chi connectivity index (χ1n) is 9.02. The Hall–Kier alpha value is -1.59. The fourth-order valence-electron chi connectivity index (χ4n) is 3.63. The molecule has 5 nitrogen and oxygen atoms in total. The summed E-state index contributed by atoms with van der Waals surface area (Å²) in [5.41, 5.74) is 0. The van der Waals surface area contributed by atoms with Gasteiger partial charge in [0.25, 0.3) is 5.91 Å². The van der Waals surface area contributed by atoms with E-state index in [1.807, 2.05) is 35.2 Å². The molecule has 1 aromatic carbocycles. The van der Waals surface area contributed by atoms with Gasteiger partial charge in [-0.2, -0.15) is 0 Å². The molecule has 0 N–H and O–H groups in total. The van der Waals surface area contributed by atoms with Gasteiger partial charge in [-0.3, -0.25) is 4.79 Å². The van der Waals surface area contributed by atoms with Gasteiger partial charge in [0.1, 0.15) is 18.0 Å². The minimum Gasteiger partial charge on any atom is -0.484 e. The third-order valence-electron chi connectivity index (χ3n) is 5.15. The normalized spacial score (nSPS) is 29.3. The van der Waals surface area contributed by atoms with Crippen molar-refractivity contribution in [2.24, 2.45) is 5.92 Å². The number of fused-ring (bicyclic) bond motifs is 1. The molecule has 130 valence electrons. The van der Waals surface area contributed by atoms with E-state index in [0.717, 1.165) is 37.7 Å². The van der Waals surface area contributed by atoms with Crippen LogP contribution in [0.2, 0.25) is 0 Å². The maximum Gasteiger partial charge on any atom is 0.260 e. The van der Waals surface area contributed by atoms with Gasteiger partial charge in [-0.1, -0.05) is 18.2 Å². The molecule has 1 amide bonds. The zero-order valence-corrected chi connectivity index (χ0v) is 13.9. The van der Waals surface area contributed by atoms with Gasteiger partial charge < -0.3 is 19.1 Å². The van der Waals surface area contributed by atoms with Crippen LogP contribution in [-0.4, -0.2) is 55.4 Å². The fraction of sp³-hybridized carbons (Fsp3) is 0.632. The van der Waals surface area contributed by atoms with Gasteiger partial charge in [0.15, 0.2) is 6.61 Å². The molecule has 0 bridgehead atoms. The summed E-state index contributed by atoms with van der Waals surface area (Å²) < 4.78 is 17.7. The van der Waals surface area contributed by atoms with Crippen molar-refractivity contribution in [1.29, 1.82) is 0 Å². The van der Waals surface area contributed by atoms with Gasteiger partial charge in [-0.15, -0.1) is 0 Å². The predicted octanol–water partition coefficient (Wildman–Crippen LogP) is 2.25. The van der Waals surface area contributed by atoms with Crippen molar-refractivity contribution in [3.05, 3.63) is 30.3 Å². The molecule has 4 rings (SSSR count). The van der Waals surface area contributed by atoms with E-state index in [9.17, 15) is 4.79 Å². The number of carbonyl (C=O) groups is 1. The molecule has 1 saturated carbocycles. The zero-order chi connectivity index (χ0) is 16.4. The summed E-state index contributed by atoms with van der Waals surface area (Å²) >= 11 is 0. The monoisotopic (exact) mass is 331 g/mol. The number of para-hydroxylation sites is 1. The third kappa shape index (κ3) is 3.57. The molecule has 24 heavy (non-hydrogen) atoms. The van der Waals surface area contributed by atoms with Crippen molar-refractivity contribution >= 4 is 5.91 Å². The maximum absolute atomic E-state index is 12.7. The van der Waals surface area contributed by atoms with Crippen LogP contribution in [0.3, 0.4) is 0 Å². The van der Waals surface area contributed by atoms with Crippen molar-refractivity contribution in [2.75, 3.05) is 26.4 Å². The lowest BCUT2D eigenvalue weighted by Crippen LogP contribution is -2.45. The predicted molar refractivity (Wildman–Crippen MR) is 88.9 cm³/mol. The van der Waals surface area contributed by atoms with Crippen molar-refractivity contribution < 1.29 is 19.0 Å². The van der Waals surface area contributed by atoms with E-state index < -0.39 is 0 Å². The van der Waals surface area contributed by atoms with Crippen LogP contribution in [-0.2, 0) is 14.3 Å². The van der Waals surface area contributed by atoms with Gasteiger partial charge in [-0.25, -0.2) is 0 Å². The van der Waals surface area contributed by atoms with E-state index in [4.69, 9.17) is 14.2 Å². The van der Waals surface area contributed by atoms with Gasteiger partial charge in [0.05, 0.1) is 12.6 Å². The summed E-state index contributed by atoms with van der Waals surface area (Å²) in [6.07, 6.45) is 4.57. The van der Waals surface area contributed by atoms with Crippen molar-refractivity contribution in [3.63, 3.8) is 0 Å². The number of hydrogen-bond donors (Lipinski definition) is 0. The second-order valence-electron chi connectivity index (χ2n) is 7.01.